The molecular formula is C29H50O10. The molecule has 0 aromatic carbocycles. The van der Waals surface area contributed by atoms with E-state index in [0.717, 1.165) is 0 Å². The fourth-order valence-electron chi connectivity index (χ4n) is 4.19. The van der Waals surface area contributed by atoms with Gasteiger partial charge in [-0.05, 0) is 106 Å². The summed E-state index contributed by atoms with van der Waals surface area (Å²) in [4.78, 5) is 60.2. The molecule has 0 heterocycles. The second-order valence-corrected chi connectivity index (χ2v) is 13.3. The number of carboxylic acid groups (broad SMARTS) is 2. The first-order valence-corrected chi connectivity index (χ1v) is 13.6. The van der Waals surface area contributed by atoms with Crippen LogP contribution in [0.1, 0.15) is 120 Å². The minimum atomic E-state index is -1.04. The largest absolute Gasteiger partial charge is 0.481 e. The van der Waals surface area contributed by atoms with Gasteiger partial charge in [-0.2, -0.15) is 0 Å². The molecule has 0 amide bonds. The lowest BCUT2D eigenvalue weighted by Gasteiger charge is -2.26. The summed E-state index contributed by atoms with van der Waals surface area (Å²) in [7, 11) is 0. The Hall–Kier alpha value is -2.65. The van der Waals surface area contributed by atoms with Crippen molar-refractivity contribution in [1.29, 1.82) is 0 Å². The molecule has 0 fully saturated rings. The summed E-state index contributed by atoms with van der Waals surface area (Å²) in [5.74, 6) is -4.71. The van der Waals surface area contributed by atoms with Gasteiger partial charge in [-0.25, -0.2) is 0 Å². The van der Waals surface area contributed by atoms with Crippen molar-refractivity contribution in [3.8, 4) is 0 Å². The molecule has 0 bridgehead atoms. The molecule has 0 aromatic rings. The molecule has 0 saturated carbocycles. The summed E-state index contributed by atoms with van der Waals surface area (Å²) in [6.45, 7) is 15.7. The van der Waals surface area contributed by atoms with Crippen LogP contribution in [0, 0.1) is 17.8 Å². The van der Waals surface area contributed by atoms with Crippen molar-refractivity contribution >= 4 is 29.8 Å². The molecule has 0 aliphatic heterocycles. The minimum absolute atomic E-state index is 0.0513. The van der Waals surface area contributed by atoms with Crippen LogP contribution >= 0.6 is 0 Å². The van der Waals surface area contributed by atoms with E-state index in [-0.39, 0.29) is 38.0 Å². The van der Waals surface area contributed by atoms with Crippen LogP contribution < -0.4 is 0 Å². The first-order chi connectivity index (χ1) is 17.5. The van der Waals surface area contributed by atoms with E-state index >= 15 is 0 Å². The average molecular weight is 559 g/mol. The quantitative estimate of drug-likeness (QED) is 0.182. The molecular weight excluding hydrogens is 508 g/mol. The topological polar surface area (TPSA) is 154 Å². The lowest BCUT2D eigenvalue weighted by Crippen LogP contribution is -2.27. The van der Waals surface area contributed by atoms with Crippen LogP contribution in [0.4, 0.5) is 0 Å². The first-order valence-electron chi connectivity index (χ1n) is 13.6. The molecule has 10 nitrogen and oxygen atoms in total. The third-order valence-corrected chi connectivity index (χ3v) is 5.52. The number of hydrogen-bond donors (Lipinski definition) is 2. The Labute approximate surface area is 233 Å². The van der Waals surface area contributed by atoms with Gasteiger partial charge in [0.2, 0.25) is 0 Å². The van der Waals surface area contributed by atoms with Crippen molar-refractivity contribution < 1.29 is 48.4 Å². The van der Waals surface area contributed by atoms with Gasteiger partial charge in [0.25, 0.3) is 0 Å². The molecule has 0 radical (unpaired) electrons. The van der Waals surface area contributed by atoms with Crippen molar-refractivity contribution in [3.63, 3.8) is 0 Å². The highest BCUT2D eigenvalue weighted by atomic mass is 16.6. The summed E-state index contributed by atoms with van der Waals surface area (Å²) in [6, 6.07) is 0. The molecule has 0 rings (SSSR count). The second-order valence-electron chi connectivity index (χ2n) is 13.3. The number of ether oxygens (including phenoxy) is 3. The third-order valence-electron chi connectivity index (χ3n) is 5.52. The Bertz CT molecular complexity index is 772. The predicted octanol–water partition coefficient (Wildman–Crippen LogP) is 5.54. The van der Waals surface area contributed by atoms with Gasteiger partial charge in [-0.3, -0.25) is 24.0 Å². The molecule has 0 saturated heterocycles. The Morgan fingerprint density at radius 1 is 0.462 bits per heavy atom. The van der Waals surface area contributed by atoms with Crippen LogP contribution in [0.25, 0.3) is 0 Å². The van der Waals surface area contributed by atoms with Gasteiger partial charge in [0.05, 0.1) is 0 Å². The van der Waals surface area contributed by atoms with Gasteiger partial charge < -0.3 is 24.4 Å². The monoisotopic (exact) mass is 558 g/mol. The lowest BCUT2D eigenvalue weighted by molar-refractivity contribution is -0.158. The molecule has 10 heteroatoms. The highest BCUT2D eigenvalue weighted by Gasteiger charge is 2.28. The van der Waals surface area contributed by atoms with Gasteiger partial charge >= 0.3 is 29.8 Å². The maximum Gasteiger partial charge on any atom is 0.306 e. The molecule has 0 aliphatic carbocycles. The Morgan fingerprint density at radius 3 is 0.923 bits per heavy atom. The standard InChI is InChI=1S/C29H50O10/c1-27(2,3)37-24(34)16-19(10-12-20(14-22(30)31)17-25(35)38-28(4,5)6)11-13-21(15-23(32)33)18-26(36)39-29(7,8)9/h19-21H,10-18H2,1-9H3,(H,30,31)(H,32,33). The normalized spacial score (nSPS) is 14.6. The van der Waals surface area contributed by atoms with Crippen LogP contribution in [0.15, 0.2) is 0 Å². The molecule has 2 N–H and O–H groups in total. The number of aliphatic carboxylic acids is 2. The summed E-state index contributed by atoms with van der Waals surface area (Å²) in [6.07, 6.45) is 1.03. The number of carbonyl (C=O) groups is 5. The van der Waals surface area contributed by atoms with E-state index in [1.54, 1.807) is 62.3 Å². The summed E-state index contributed by atoms with van der Waals surface area (Å²) in [5, 5.41) is 18.7. The maximum atomic E-state index is 12.6. The van der Waals surface area contributed by atoms with E-state index in [4.69, 9.17) is 14.2 Å². The van der Waals surface area contributed by atoms with E-state index in [9.17, 15) is 34.2 Å². The van der Waals surface area contributed by atoms with Gasteiger partial charge in [-0.15, -0.1) is 0 Å². The minimum Gasteiger partial charge on any atom is -0.481 e. The van der Waals surface area contributed by atoms with Crippen molar-refractivity contribution in [2.24, 2.45) is 17.8 Å². The first kappa shape index (κ1) is 36.4. The second kappa shape index (κ2) is 15.8. The van der Waals surface area contributed by atoms with Crippen molar-refractivity contribution in [2.45, 2.75) is 137 Å². The van der Waals surface area contributed by atoms with E-state index in [1.807, 2.05) is 0 Å². The fraction of sp³-hybridized carbons (Fsp3) is 0.828. The molecule has 39 heavy (non-hydrogen) atoms. The Balaban J connectivity index is 5.57. The number of carbonyl (C=O) groups excluding carboxylic acids is 3. The van der Waals surface area contributed by atoms with E-state index in [1.165, 1.54) is 0 Å². The van der Waals surface area contributed by atoms with E-state index < -0.39 is 58.5 Å². The van der Waals surface area contributed by atoms with Gasteiger partial charge in [-0.1, -0.05) is 0 Å². The van der Waals surface area contributed by atoms with Gasteiger partial charge in [0.15, 0.2) is 0 Å². The predicted molar refractivity (Wildman–Crippen MR) is 145 cm³/mol. The zero-order chi connectivity index (χ0) is 30.6. The van der Waals surface area contributed by atoms with Crippen molar-refractivity contribution in [2.75, 3.05) is 0 Å². The smallest absolute Gasteiger partial charge is 0.306 e. The summed E-state index contributed by atoms with van der Waals surface area (Å²) < 4.78 is 16.2. The van der Waals surface area contributed by atoms with Crippen molar-refractivity contribution in [3.05, 3.63) is 0 Å². The SMILES string of the molecule is CC(C)(C)OC(=O)CC(CCC(CC(=O)O)CC(=O)OC(C)(C)C)CCC(CC(=O)O)CC(=O)OC(C)(C)C. The average Bonchev–Trinajstić information content (AvgIpc) is 2.64. The molecule has 0 spiro atoms. The zero-order valence-corrected chi connectivity index (χ0v) is 25.3. The zero-order valence-electron chi connectivity index (χ0n) is 25.3. The van der Waals surface area contributed by atoms with Crippen LogP contribution in [-0.4, -0.2) is 56.9 Å². The molecule has 0 aromatic heterocycles. The Kier molecular flexibility index (Phi) is 14.7. The van der Waals surface area contributed by atoms with Crippen LogP contribution in [0.2, 0.25) is 0 Å². The maximum absolute atomic E-state index is 12.6. The van der Waals surface area contributed by atoms with Crippen LogP contribution in [0.3, 0.4) is 0 Å². The molecule has 2 unspecified atom stereocenters. The van der Waals surface area contributed by atoms with E-state index in [2.05, 4.69) is 0 Å². The van der Waals surface area contributed by atoms with Crippen molar-refractivity contribution in [1.82, 2.24) is 0 Å². The number of rotatable bonds is 16. The highest BCUT2D eigenvalue weighted by Crippen LogP contribution is 2.29. The number of carboxylic acids is 2. The number of esters is 3. The highest BCUT2D eigenvalue weighted by molar-refractivity contribution is 5.73. The van der Waals surface area contributed by atoms with Gasteiger partial charge in [0.1, 0.15) is 16.8 Å². The third kappa shape index (κ3) is 21.9. The molecule has 2 atom stereocenters. The fourth-order valence-corrected chi connectivity index (χ4v) is 4.19. The summed E-state index contributed by atoms with van der Waals surface area (Å²) in [5.41, 5.74) is -2.08. The molecule has 226 valence electrons. The number of hydrogen-bond acceptors (Lipinski definition) is 8. The Morgan fingerprint density at radius 2 is 0.692 bits per heavy atom. The summed E-state index contributed by atoms with van der Waals surface area (Å²) >= 11 is 0. The van der Waals surface area contributed by atoms with Gasteiger partial charge in [0, 0.05) is 32.1 Å². The molecule has 0 aliphatic rings. The van der Waals surface area contributed by atoms with E-state index in [0.29, 0.717) is 25.7 Å². The van der Waals surface area contributed by atoms with Crippen LogP contribution in [-0.2, 0) is 38.2 Å². The lowest BCUT2D eigenvalue weighted by atomic mass is 9.84. The van der Waals surface area contributed by atoms with Crippen LogP contribution in [0.5, 0.6) is 0 Å².